The first-order valence-electron chi connectivity index (χ1n) is 4.96. The first-order chi connectivity index (χ1) is 7.81. The van der Waals surface area contributed by atoms with E-state index in [9.17, 15) is 4.79 Å². The van der Waals surface area contributed by atoms with Crippen LogP contribution >= 0.6 is 0 Å². The van der Waals surface area contributed by atoms with Crippen molar-refractivity contribution in [3.05, 3.63) is 36.2 Å². The molecule has 0 fully saturated rings. The number of ether oxygens (including phenoxy) is 1. The SMILES string of the molecule is COC(=O)CC=Cc1ccnc2[nH]ccc12. The van der Waals surface area contributed by atoms with Gasteiger partial charge in [-0.25, -0.2) is 4.98 Å². The number of methoxy groups -OCH3 is 1. The second-order valence-electron chi connectivity index (χ2n) is 3.32. The van der Waals surface area contributed by atoms with E-state index in [-0.39, 0.29) is 12.4 Å². The molecule has 0 radical (unpaired) electrons. The summed E-state index contributed by atoms with van der Waals surface area (Å²) in [7, 11) is 1.38. The normalized spacial score (nSPS) is 11.1. The van der Waals surface area contributed by atoms with Crippen molar-refractivity contribution in [2.75, 3.05) is 7.11 Å². The molecule has 2 rings (SSSR count). The van der Waals surface area contributed by atoms with Crippen LogP contribution in [0.25, 0.3) is 17.1 Å². The second-order valence-corrected chi connectivity index (χ2v) is 3.32. The summed E-state index contributed by atoms with van der Waals surface area (Å²) in [5.74, 6) is -0.240. The van der Waals surface area contributed by atoms with E-state index in [0.717, 1.165) is 16.6 Å². The van der Waals surface area contributed by atoms with Gasteiger partial charge in [0.25, 0.3) is 0 Å². The Balaban J connectivity index is 2.20. The lowest BCUT2D eigenvalue weighted by molar-refractivity contribution is -0.139. The smallest absolute Gasteiger partial charge is 0.309 e. The number of hydrogen-bond acceptors (Lipinski definition) is 3. The maximum absolute atomic E-state index is 10.9. The Labute approximate surface area is 93.0 Å². The number of carbonyl (C=O) groups is 1. The first-order valence-corrected chi connectivity index (χ1v) is 4.96. The van der Waals surface area contributed by atoms with Gasteiger partial charge >= 0.3 is 5.97 Å². The van der Waals surface area contributed by atoms with E-state index in [4.69, 9.17) is 0 Å². The zero-order valence-electron chi connectivity index (χ0n) is 8.93. The summed E-state index contributed by atoms with van der Waals surface area (Å²) in [5, 5.41) is 1.05. The van der Waals surface area contributed by atoms with Gasteiger partial charge in [0.1, 0.15) is 5.65 Å². The summed E-state index contributed by atoms with van der Waals surface area (Å²) < 4.78 is 4.55. The molecule has 0 aliphatic rings. The number of esters is 1. The van der Waals surface area contributed by atoms with Crippen LogP contribution in [0.3, 0.4) is 0 Å². The maximum atomic E-state index is 10.9. The second kappa shape index (κ2) is 4.61. The monoisotopic (exact) mass is 216 g/mol. The molecule has 1 N–H and O–H groups in total. The largest absolute Gasteiger partial charge is 0.469 e. The molecule has 0 amide bonds. The molecule has 4 heteroatoms. The van der Waals surface area contributed by atoms with Gasteiger partial charge in [0.15, 0.2) is 0 Å². The molecule has 0 atom stereocenters. The van der Waals surface area contributed by atoms with Gasteiger partial charge < -0.3 is 9.72 Å². The van der Waals surface area contributed by atoms with Crippen LogP contribution in [0.5, 0.6) is 0 Å². The zero-order chi connectivity index (χ0) is 11.4. The summed E-state index contributed by atoms with van der Waals surface area (Å²) in [4.78, 5) is 18.1. The van der Waals surface area contributed by atoms with Crippen molar-refractivity contribution >= 4 is 23.1 Å². The molecular weight excluding hydrogens is 204 g/mol. The molecule has 16 heavy (non-hydrogen) atoms. The van der Waals surface area contributed by atoms with E-state index in [1.54, 1.807) is 12.3 Å². The van der Waals surface area contributed by atoms with E-state index in [1.165, 1.54) is 7.11 Å². The van der Waals surface area contributed by atoms with Crippen LogP contribution in [0.2, 0.25) is 0 Å². The number of nitrogens with zero attached hydrogens (tertiary/aromatic N) is 1. The van der Waals surface area contributed by atoms with Crippen LogP contribution < -0.4 is 0 Å². The van der Waals surface area contributed by atoms with Gasteiger partial charge in [-0.3, -0.25) is 4.79 Å². The third-order valence-electron chi connectivity index (χ3n) is 2.30. The fraction of sp³-hybridized carbons (Fsp3) is 0.167. The number of nitrogens with one attached hydrogen (secondary N) is 1. The van der Waals surface area contributed by atoms with E-state index < -0.39 is 0 Å². The highest BCUT2D eigenvalue weighted by atomic mass is 16.5. The van der Waals surface area contributed by atoms with E-state index >= 15 is 0 Å². The number of aromatic nitrogens is 2. The summed E-state index contributed by atoms with van der Waals surface area (Å²) in [6, 6.07) is 3.87. The number of pyridine rings is 1. The molecule has 0 spiro atoms. The Kier molecular flexibility index (Phi) is 3.00. The summed E-state index contributed by atoms with van der Waals surface area (Å²) >= 11 is 0. The molecule has 0 bridgehead atoms. The first kappa shape index (κ1) is 10.4. The van der Waals surface area contributed by atoms with Gasteiger partial charge in [0.05, 0.1) is 13.5 Å². The average Bonchev–Trinajstić information content (AvgIpc) is 2.77. The number of H-pyrrole nitrogens is 1. The Morgan fingerprint density at radius 2 is 2.44 bits per heavy atom. The zero-order valence-corrected chi connectivity index (χ0v) is 8.93. The third kappa shape index (κ3) is 2.11. The van der Waals surface area contributed by atoms with Crippen molar-refractivity contribution in [3.8, 4) is 0 Å². The minimum absolute atomic E-state index is 0.240. The van der Waals surface area contributed by atoms with Crippen LogP contribution in [0.4, 0.5) is 0 Å². The summed E-state index contributed by atoms with van der Waals surface area (Å²) in [6.45, 7) is 0. The number of fused-ring (bicyclic) bond motifs is 1. The lowest BCUT2D eigenvalue weighted by atomic mass is 10.1. The predicted octanol–water partition coefficient (Wildman–Crippen LogP) is 2.14. The van der Waals surface area contributed by atoms with Crippen molar-refractivity contribution in [3.63, 3.8) is 0 Å². The van der Waals surface area contributed by atoms with Gasteiger partial charge in [0.2, 0.25) is 0 Å². The van der Waals surface area contributed by atoms with Crippen LogP contribution in [-0.2, 0) is 9.53 Å². The molecule has 0 saturated carbocycles. The average molecular weight is 216 g/mol. The van der Waals surface area contributed by atoms with Gasteiger partial charge in [0, 0.05) is 17.8 Å². The minimum atomic E-state index is -0.240. The minimum Gasteiger partial charge on any atom is -0.469 e. The highest BCUT2D eigenvalue weighted by Gasteiger charge is 1.99. The van der Waals surface area contributed by atoms with Gasteiger partial charge in [-0.1, -0.05) is 12.2 Å². The number of carbonyl (C=O) groups excluding carboxylic acids is 1. The van der Waals surface area contributed by atoms with Crippen LogP contribution in [-0.4, -0.2) is 23.0 Å². The van der Waals surface area contributed by atoms with E-state index in [1.807, 2.05) is 24.4 Å². The fourth-order valence-electron chi connectivity index (χ4n) is 1.49. The van der Waals surface area contributed by atoms with Gasteiger partial charge in [-0.15, -0.1) is 0 Å². The predicted molar refractivity (Wildman–Crippen MR) is 61.8 cm³/mol. The number of aromatic amines is 1. The van der Waals surface area contributed by atoms with Crippen molar-refractivity contribution in [1.82, 2.24) is 9.97 Å². The van der Waals surface area contributed by atoms with Crippen LogP contribution in [0, 0.1) is 0 Å². The number of hydrogen-bond donors (Lipinski definition) is 1. The standard InChI is InChI=1S/C12H12N2O2/c1-16-11(15)4-2-3-9-5-7-13-12-10(9)6-8-14-12/h2-3,5-8H,4H2,1H3,(H,13,14). The fourth-order valence-corrected chi connectivity index (χ4v) is 1.49. The molecule has 2 aromatic heterocycles. The third-order valence-corrected chi connectivity index (χ3v) is 2.30. The van der Waals surface area contributed by atoms with Crippen molar-refractivity contribution in [1.29, 1.82) is 0 Å². The Morgan fingerprint density at radius 1 is 1.56 bits per heavy atom. The molecule has 0 unspecified atom stereocenters. The molecular formula is C12H12N2O2. The molecule has 0 aliphatic heterocycles. The Hall–Kier alpha value is -2.10. The topological polar surface area (TPSA) is 55.0 Å². The summed E-state index contributed by atoms with van der Waals surface area (Å²) in [6.07, 6.45) is 7.54. The highest BCUT2D eigenvalue weighted by molar-refractivity contribution is 5.86. The lowest BCUT2D eigenvalue weighted by Gasteiger charge is -1.96. The molecule has 2 aromatic rings. The Bertz CT molecular complexity index is 529. The van der Waals surface area contributed by atoms with Crippen molar-refractivity contribution < 1.29 is 9.53 Å². The molecule has 4 nitrogen and oxygen atoms in total. The van der Waals surface area contributed by atoms with Crippen molar-refractivity contribution in [2.24, 2.45) is 0 Å². The van der Waals surface area contributed by atoms with Gasteiger partial charge in [-0.2, -0.15) is 0 Å². The van der Waals surface area contributed by atoms with Gasteiger partial charge in [-0.05, 0) is 17.7 Å². The molecule has 0 saturated heterocycles. The lowest BCUT2D eigenvalue weighted by Crippen LogP contribution is -1.96. The molecule has 0 aromatic carbocycles. The molecule has 2 heterocycles. The quantitative estimate of drug-likeness (QED) is 0.800. The van der Waals surface area contributed by atoms with E-state index in [0.29, 0.717) is 0 Å². The Morgan fingerprint density at radius 3 is 3.25 bits per heavy atom. The maximum Gasteiger partial charge on any atom is 0.309 e. The molecule has 82 valence electrons. The van der Waals surface area contributed by atoms with Crippen molar-refractivity contribution in [2.45, 2.75) is 6.42 Å². The van der Waals surface area contributed by atoms with Crippen LogP contribution in [0.15, 0.2) is 30.6 Å². The number of rotatable bonds is 3. The highest BCUT2D eigenvalue weighted by Crippen LogP contribution is 2.16. The van der Waals surface area contributed by atoms with Crippen LogP contribution in [0.1, 0.15) is 12.0 Å². The van der Waals surface area contributed by atoms with E-state index in [2.05, 4.69) is 14.7 Å². The molecule has 0 aliphatic carbocycles. The summed E-state index contributed by atoms with van der Waals surface area (Å²) in [5.41, 5.74) is 1.88.